The quantitative estimate of drug-likeness (QED) is 0.866. The van der Waals surface area contributed by atoms with E-state index in [1.54, 1.807) is 0 Å². The van der Waals surface area contributed by atoms with E-state index in [1.807, 2.05) is 0 Å². The number of nitrogens with two attached hydrogens (primary N) is 1. The predicted octanol–water partition coefficient (Wildman–Crippen LogP) is 1.85. The van der Waals surface area contributed by atoms with Crippen LogP contribution in [0.25, 0.3) is 0 Å². The van der Waals surface area contributed by atoms with E-state index in [0.717, 1.165) is 13.1 Å². The molecule has 0 saturated carbocycles. The molecule has 1 aliphatic heterocycles. The number of benzene rings is 1. The molecule has 2 atom stereocenters. The zero-order valence-electron chi connectivity index (χ0n) is 11.8. The van der Waals surface area contributed by atoms with Gasteiger partial charge in [-0.1, -0.05) is 12.1 Å². The first-order valence-corrected chi connectivity index (χ1v) is 6.85. The van der Waals surface area contributed by atoms with Gasteiger partial charge >= 0.3 is 0 Å². The van der Waals surface area contributed by atoms with E-state index in [-0.39, 0.29) is 0 Å². The van der Waals surface area contributed by atoms with Crippen molar-refractivity contribution in [1.29, 1.82) is 0 Å². The number of likely N-dealkylation sites (N-methyl/N-ethyl adjacent to an activating group) is 1. The molecule has 0 radical (unpaired) electrons. The maximum absolute atomic E-state index is 5.98. The van der Waals surface area contributed by atoms with Crippen LogP contribution < -0.4 is 10.6 Å². The van der Waals surface area contributed by atoms with Crippen LogP contribution in [0.5, 0.6) is 0 Å². The third-order valence-corrected chi connectivity index (χ3v) is 4.09. The first kappa shape index (κ1) is 13.4. The Hall–Kier alpha value is -1.06. The highest BCUT2D eigenvalue weighted by molar-refractivity contribution is 5.49. The van der Waals surface area contributed by atoms with Crippen molar-refractivity contribution in [2.45, 2.75) is 32.4 Å². The molecular formula is C15H25N3. The van der Waals surface area contributed by atoms with Crippen molar-refractivity contribution in [3.63, 3.8) is 0 Å². The van der Waals surface area contributed by atoms with Gasteiger partial charge in [0.1, 0.15) is 0 Å². The zero-order valence-corrected chi connectivity index (χ0v) is 11.8. The Kier molecular flexibility index (Phi) is 4.25. The Bertz CT molecular complexity index is 391. The van der Waals surface area contributed by atoms with Crippen LogP contribution >= 0.6 is 0 Å². The van der Waals surface area contributed by atoms with E-state index in [2.05, 4.69) is 55.0 Å². The van der Waals surface area contributed by atoms with Gasteiger partial charge in [-0.2, -0.15) is 0 Å². The average molecular weight is 247 g/mol. The molecule has 3 heteroatoms. The highest BCUT2D eigenvalue weighted by atomic mass is 15.3. The molecule has 18 heavy (non-hydrogen) atoms. The van der Waals surface area contributed by atoms with E-state index < -0.39 is 0 Å². The molecule has 1 aromatic carbocycles. The minimum absolute atomic E-state index is 0.418. The molecule has 0 bridgehead atoms. The maximum atomic E-state index is 5.98. The molecule has 2 unspecified atom stereocenters. The van der Waals surface area contributed by atoms with Crippen LogP contribution in [0.1, 0.15) is 18.9 Å². The van der Waals surface area contributed by atoms with E-state index >= 15 is 0 Å². The summed E-state index contributed by atoms with van der Waals surface area (Å²) >= 11 is 0. The first-order chi connectivity index (χ1) is 8.61. The molecule has 1 fully saturated rings. The van der Waals surface area contributed by atoms with Crippen LogP contribution in [0.2, 0.25) is 0 Å². The van der Waals surface area contributed by atoms with Gasteiger partial charge in [-0.15, -0.1) is 0 Å². The van der Waals surface area contributed by atoms with Crippen LogP contribution in [0.3, 0.4) is 0 Å². The minimum atomic E-state index is 0.418. The monoisotopic (exact) mass is 247 g/mol. The summed E-state index contributed by atoms with van der Waals surface area (Å²) in [5.41, 5.74) is 8.60. The second-order valence-electron chi connectivity index (χ2n) is 5.50. The SMILES string of the molecule is Cc1cccc(N2CCC(C)N(C)CC2CN)c1. The van der Waals surface area contributed by atoms with E-state index in [0.29, 0.717) is 18.6 Å². The Morgan fingerprint density at radius 3 is 2.83 bits per heavy atom. The van der Waals surface area contributed by atoms with Gasteiger partial charge in [-0.3, -0.25) is 0 Å². The fourth-order valence-electron chi connectivity index (χ4n) is 2.69. The fraction of sp³-hybridized carbons (Fsp3) is 0.600. The van der Waals surface area contributed by atoms with Crippen molar-refractivity contribution < 1.29 is 0 Å². The molecule has 0 spiro atoms. The molecule has 1 aliphatic rings. The summed E-state index contributed by atoms with van der Waals surface area (Å²) in [6.45, 7) is 7.30. The van der Waals surface area contributed by atoms with Gasteiger partial charge in [-0.25, -0.2) is 0 Å². The highest BCUT2D eigenvalue weighted by Crippen LogP contribution is 2.22. The summed E-state index contributed by atoms with van der Waals surface area (Å²) in [6, 6.07) is 9.80. The van der Waals surface area contributed by atoms with Crippen molar-refractivity contribution >= 4 is 5.69 Å². The number of nitrogens with zero attached hydrogens (tertiary/aromatic N) is 2. The molecule has 0 aromatic heterocycles. The summed E-state index contributed by atoms with van der Waals surface area (Å²) in [7, 11) is 2.20. The van der Waals surface area contributed by atoms with Crippen LogP contribution in [0, 0.1) is 6.92 Å². The van der Waals surface area contributed by atoms with Gasteiger partial charge in [0, 0.05) is 31.4 Å². The largest absolute Gasteiger partial charge is 0.366 e. The molecule has 100 valence electrons. The molecule has 1 aromatic rings. The molecule has 1 heterocycles. The smallest absolute Gasteiger partial charge is 0.0539 e. The molecule has 3 nitrogen and oxygen atoms in total. The van der Waals surface area contributed by atoms with E-state index in [9.17, 15) is 0 Å². The highest BCUT2D eigenvalue weighted by Gasteiger charge is 2.25. The van der Waals surface area contributed by atoms with Crippen LogP contribution in [0.4, 0.5) is 5.69 Å². The summed E-state index contributed by atoms with van der Waals surface area (Å²) in [6.07, 6.45) is 1.20. The lowest BCUT2D eigenvalue weighted by Crippen LogP contribution is -2.45. The van der Waals surface area contributed by atoms with Crippen molar-refractivity contribution in [1.82, 2.24) is 4.90 Å². The number of aryl methyl sites for hydroxylation is 1. The molecule has 0 aliphatic carbocycles. The number of rotatable bonds is 2. The van der Waals surface area contributed by atoms with Gasteiger partial charge < -0.3 is 15.5 Å². The molecule has 2 rings (SSSR count). The van der Waals surface area contributed by atoms with Gasteiger partial charge in [0.05, 0.1) is 6.04 Å². The topological polar surface area (TPSA) is 32.5 Å². The van der Waals surface area contributed by atoms with Crippen molar-refractivity contribution in [2.24, 2.45) is 5.73 Å². The maximum Gasteiger partial charge on any atom is 0.0539 e. The number of hydrogen-bond acceptors (Lipinski definition) is 3. The molecule has 1 saturated heterocycles. The Morgan fingerprint density at radius 1 is 1.39 bits per heavy atom. The first-order valence-electron chi connectivity index (χ1n) is 6.85. The third kappa shape index (κ3) is 2.85. The lowest BCUT2D eigenvalue weighted by atomic mass is 10.1. The van der Waals surface area contributed by atoms with Crippen LogP contribution in [-0.2, 0) is 0 Å². The minimum Gasteiger partial charge on any atom is -0.366 e. The van der Waals surface area contributed by atoms with E-state index in [4.69, 9.17) is 5.73 Å². The summed E-state index contributed by atoms with van der Waals surface area (Å²) < 4.78 is 0. The zero-order chi connectivity index (χ0) is 13.1. The lowest BCUT2D eigenvalue weighted by molar-refractivity contribution is 0.256. The van der Waals surface area contributed by atoms with Gasteiger partial charge in [0.15, 0.2) is 0 Å². The molecule has 0 amide bonds. The Balaban J connectivity index is 2.24. The van der Waals surface area contributed by atoms with E-state index in [1.165, 1.54) is 17.7 Å². The normalized spacial score (nSPS) is 26.1. The van der Waals surface area contributed by atoms with Gasteiger partial charge in [0.25, 0.3) is 0 Å². The standard InChI is InChI=1S/C15H25N3/c1-12-5-4-6-14(9-12)18-8-7-13(2)17(3)11-15(18)10-16/h4-6,9,13,15H,7-8,10-11,16H2,1-3H3. The van der Waals surface area contributed by atoms with Gasteiger partial charge in [0.2, 0.25) is 0 Å². The van der Waals surface area contributed by atoms with Crippen molar-refractivity contribution in [3.05, 3.63) is 29.8 Å². The van der Waals surface area contributed by atoms with Crippen LogP contribution in [-0.4, -0.2) is 43.7 Å². The number of hydrogen-bond donors (Lipinski definition) is 1. The third-order valence-electron chi connectivity index (χ3n) is 4.09. The second-order valence-corrected chi connectivity index (χ2v) is 5.50. The predicted molar refractivity (Wildman–Crippen MR) is 78.1 cm³/mol. The number of anilines is 1. The molecule has 2 N–H and O–H groups in total. The molecular weight excluding hydrogens is 222 g/mol. The summed E-state index contributed by atoms with van der Waals surface area (Å²) in [5.74, 6) is 0. The average Bonchev–Trinajstić information content (AvgIpc) is 2.50. The second kappa shape index (κ2) is 5.72. The Labute approximate surface area is 111 Å². The van der Waals surface area contributed by atoms with Gasteiger partial charge in [-0.05, 0) is 45.0 Å². The summed E-state index contributed by atoms with van der Waals surface area (Å²) in [4.78, 5) is 4.90. The van der Waals surface area contributed by atoms with Crippen molar-refractivity contribution in [2.75, 3.05) is 31.6 Å². The Morgan fingerprint density at radius 2 is 2.17 bits per heavy atom. The van der Waals surface area contributed by atoms with Crippen molar-refractivity contribution in [3.8, 4) is 0 Å². The summed E-state index contributed by atoms with van der Waals surface area (Å²) in [5, 5.41) is 0. The fourth-order valence-corrected chi connectivity index (χ4v) is 2.69. The van der Waals surface area contributed by atoms with Crippen LogP contribution in [0.15, 0.2) is 24.3 Å². The lowest BCUT2D eigenvalue weighted by Gasteiger charge is -2.32.